The van der Waals surface area contributed by atoms with Crippen LogP contribution in [0.4, 0.5) is 24.9 Å². The molecule has 23 heavy (non-hydrogen) atoms. The van der Waals surface area contributed by atoms with Gasteiger partial charge in [-0.15, -0.1) is 0 Å². The van der Waals surface area contributed by atoms with Crippen LogP contribution in [0.3, 0.4) is 0 Å². The number of allylic oxidation sites excluding steroid dienone is 1. The van der Waals surface area contributed by atoms with Crippen molar-refractivity contribution in [1.82, 2.24) is 9.97 Å². The van der Waals surface area contributed by atoms with E-state index in [1.165, 1.54) is 12.1 Å². The number of nitrogens with two attached hydrogens (primary N) is 2. The van der Waals surface area contributed by atoms with Gasteiger partial charge in [-0.2, -0.15) is 18.2 Å². The Balaban J connectivity index is 2.20. The monoisotopic (exact) mass is 322 g/mol. The van der Waals surface area contributed by atoms with Crippen molar-refractivity contribution in [2.24, 2.45) is 0 Å². The molecule has 2 aromatic rings. The van der Waals surface area contributed by atoms with Crippen LogP contribution in [-0.2, 0) is 6.18 Å². The molecule has 0 fully saturated rings. The predicted molar refractivity (Wildman–Crippen MR) is 84.5 cm³/mol. The van der Waals surface area contributed by atoms with E-state index in [1.807, 2.05) is 13.0 Å². The van der Waals surface area contributed by atoms with Crippen molar-refractivity contribution in [1.29, 1.82) is 0 Å². The lowest BCUT2D eigenvalue weighted by Gasteiger charge is -2.11. The minimum absolute atomic E-state index is 0.0892. The lowest BCUT2D eigenvalue weighted by Crippen LogP contribution is -2.05. The summed E-state index contributed by atoms with van der Waals surface area (Å²) in [7, 11) is 0. The van der Waals surface area contributed by atoms with E-state index in [2.05, 4.69) is 9.97 Å². The van der Waals surface area contributed by atoms with Gasteiger partial charge in [0, 0.05) is 5.56 Å². The second-order valence-corrected chi connectivity index (χ2v) is 5.23. The van der Waals surface area contributed by atoms with Crippen LogP contribution in [0.15, 0.2) is 30.3 Å². The molecule has 0 amide bonds. The van der Waals surface area contributed by atoms with Crippen LogP contribution in [0.25, 0.3) is 6.08 Å². The molecule has 4 nitrogen and oxygen atoms in total. The first-order valence-corrected chi connectivity index (χ1v) is 6.93. The van der Waals surface area contributed by atoms with Gasteiger partial charge in [0.15, 0.2) is 0 Å². The Kier molecular flexibility index (Phi) is 4.58. The summed E-state index contributed by atoms with van der Waals surface area (Å²) >= 11 is 0. The number of hydrogen-bond acceptors (Lipinski definition) is 4. The zero-order valence-electron chi connectivity index (χ0n) is 12.7. The van der Waals surface area contributed by atoms with E-state index in [9.17, 15) is 13.2 Å². The molecule has 0 aliphatic rings. The topological polar surface area (TPSA) is 77.8 Å². The summed E-state index contributed by atoms with van der Waals surface area (Å²) in [6.07, 6.45) is -0.738. The molecule has 0 bridgehead atoms. The average Bonchev–Trinajstić information content (AvgIpc) is 2.45. The van der Waals surface area contributed by atoms with Crippen LogP contribution in [0.5, 0.6) is 0 Å². The number of alkyl halides is 3. The molecular formula is C16H17F3N4. The van der Waals surface area contributed by atoms with Crippen LogP contribution >= 0.6 is 0 Å². The molecule has 122 valence electrons. The number of aromatic nitrogens is 2. The number of hydrogen-bond donors (Lipinski definition) is 2. The Morgan fingerprint density at radius 1 is 1.09 bits per heavy atom. The summed E-state index contributed by atoms with van der Waals surface area (Å²) in [6.45, 7) is 3.64. The molecule has 1 heterocycles. The smallest absolute Gasteiger partial charge is 0.383 e. The molecule has 1 atom stereocenters. The van der Waals surface area contributed by atoms with Gasteiger partial charge in [0.25, 0.3) is 0 Å². The van der Waals surface area contributed by atoms with Crippen molar-refractivity contribution in [3.8, 4) is 0 Å². The van der Waals surface area contributed by atoms with Gasteiger partial charge in [-0.05, 0) is 30.5 Å². The molecule has 1 aromatic carbocycles. The molecule has 0 aliphatic carbocycles. The van der Waals surface area contributed by atoms with Crippen molar-refractivity contribution in [3.63, 3.8) is 0 Å². The van der Waals surface area contributed by atoms with Crippen molar-refractivity contribution in [2.45, 2.75) is 25.9 Å². The first-order chi connectivity index (χ1) is 10.7. The highest BCUT2D eigenvalue weighted by Crippen LogP contribution is 2.30. The van der Waals surface area contributed by atoms with Gasteiger partial charge >= 0.3 is 6.18 Å². The fourth-order valence-corrected chi connectivity index (χ4v) is 2.16. The highest BCUT2D eigenvalue weighted by atomic mass is 19.4. The molecule has 7 heteroatoms. The van der Waals surface area contributed by atoms with Gasteiger partial charge in [0.1, 0.15) is 5.82 Å². The maximum Gasteiger partial charge on any atom is 0.416 e. The summed E-state index contributed by atoms with van der Waals surface area (Å²) in [4.78, 5) is 7.93. The highest BCUT2D eigenvalue weighted by Gasteiger charge is 2.30. The van der Waals surface area contributed by atoms with E-state index in [1.54, 1.807) is 13.0 Å². The van der Waals surface area contributed by atoms with Crippen LogP contribution in [0.1, 0.15) is 35.2 Å². The van der Waals surface area contributed by atoms with Gasteiger partial charge in [0.2, 0.25) is 5.95 Å². The molecule has 0 saturated heterocycles. The van der Waals surface area contributed by atoms with Crippen LogP contribution in [0, 0.1) is 6.92 Å². The molecule has 2 rings (SSSR count). The first kappa shape index (κ1) is 16.8. The lowest BCUT2D eigenvalue weighted by atomic mass is 9.98. The van der Waals surface area contributed by atoms with Crippen molar-refractivity contribution < 1.29 is 13.2 Å². The number of benzene rings is 1. The van der Waals surface area contributed by atoms with E-state index in [0.717, 1.165) is 17.7 Å². The minimum atomic E-state index is -4.33. The summed E-state index contributed by atoms with van der Waals surface area (Å²) in [6, 6.07) is 5.08. The minimum Gasteiger partial charge on any atom is -0.383 e. The fraction of sp³-hybridized carbons (Fsp3) is 0.250. The Morgan fingerprint density at radius 3 is 2.22 bits per heavy atom. The summed E-state index contributed by atoms with van der Waals surface area (Å²) in [5.41, 5.74) is 12.7. The van der Waals surface area contributed by atoms with Crippen LogP contribution in [-0.4, -0.2) is 9.97 Å². The largest absolute Gasteiger partial charge is 0.416 e. The number of nitrogens with zero attached hydrogens (tertiary/aromatic N) is 2. The van der Waals surface area contributed by atoms with E-state index in [-0.39, 0.29) is 17.7 Å². The van der Waals surface area contributed by atoms with E-state index >= 15 is 0 Å². The van der Waals surface area contributed by atoms with Crippen molar-refractivity contribution in [2.75, 3.05) is 11.5 Å². The quantitative estimate of drug-likeness (QED) is 0.901. The summed E-state index contributed by atoms with van der Waals surface area (Å²) < 4.78 is 37.7. The Hall–Kier alpha value is -2.57. The van der Waals surface area contributed by atoms with E-state index in [0.29, 0.717) is 11.3 Å². The Labute approximate surface area is 132 Å². The van der Waals surface area contributed by atoms with Gasteiger partial charge < -0.3 is 11.5 Å². The molecule has 0 spiro atoms. The molecule has 4 N–H and O–H groups in total. The van der Waals surface area contributed by atoms with Crippen LogP contribution in [0.2, 0.25) is 0 Å². The molecular weight excluding hydrogens is 305 g/mol. The van der Waals surface area contributed by atoms with Crippen molar-refractivity contribution in [3.05, 3.63) is 52.7 Å². The second kappa shape index (κ2) is 6.28. The van der Waals surface area contributed by atoms with Gasteiger partial charge in [-0.1, -0.05) is 31.2 Å². The second-order valence-electron chi connectivity index (χ2n) is 5.23. The predicted octanol–water partition coefficient (Wildman–Crippen LogP) is 3.79. The standard InChI is InChI=1S/C16H17F3N4/c1-9(11-4-6-12(7-5-11)16(17,18)19)3-8-13-10(2)22-15(21)23-14(13)20/h3-9H,1-2H3,(H4,20,21,22,23)/b8-3-/t9-/m1/s1. The molecule has 0 aliphatic heterocycles. The third kappa shape index (κ3) is 4.00. The summed E-state index contributed by atoms with van der Waals surface area (Å²) in [5.74, 6) is 0.285. The van der Waals surface area contributed by atoms with Gasteiger partial charge in [-0.25, -0.2) is 4.98 Å². The third-order valence-corrected chi connectivity index (χ3v) is 3.50. The molecule has 0 radical (unpaired) electrons. The molecule has 1 aromatic heterocycles. The Bertz CT molecular complexity index is 698. The maximum atomic E-state index is 12.6. The van der Waals surface area contributed by atoms with Crippen LogP contribution < -0.4 is 11.5 Å². The van der Waals surface area contributed by atoms with E-state index < -0.39 is 11.7 Å². The first-order valence-electron chi connectivity index (χ1n) is 6.93. The molecule has 0 saturated carbocycles. The number of aryl methyl sites for hydroxylation is 1. The zero-order valence-corrected chi connectivity index (χ0v) is 12.7. The molecule has 0 unspecified atom stereocenters. The third-order valence-electron chi connectivity index (χ3n) is 3.50. The number of anilines is 2. The fourth-order valence-electron chi connectivity index (χ4n) is 2.16. The van der Waals surface area contributed by atoms with E-state index in [4.69, 9.17) is 11.5 Å². The van der Waals surface area contributed by atoms with Gasteiger partial charge in [-0.3, -0.25) is 0 Å². The van der Waals surface area contributed by atoms with Gasteiger partial charge in [0.05, 0.1) is 11.3 Å². The Morgan fingerprint density at radius 2 is 1.70 bits per heavy atom. The normalized spacial score (nSPS) is 13.4. The number of nitrogen functional groups attached to an aromatic ring is 2. The zero-order chi connectivity index (χ0) is 17.2. The average molecular weight is 322 g/mol. The summed E-state index contributed by atoms with van der Waals surface area (Å²) in [5, 5.41) is 0. The number of halogens is 3. The number of rotatable bonds is 3. The van der Waals surface area contributed by atoms with Crippen molar-refractivity contribution >= 4 is 17.8 Å². The lowest BCUT2D eigenvalue weighted by molar-refractivity contribution is -0.137. The maximum absolute atomic E-state index is 12.6. The highest BCUT2D eigenvalue weighted by molar-refractivity contribution is 5.64. The SMILES string of the molecule is Cc1nc(N)nc(N)c1/C=C\[C@@H](C)c1ccc(C(F)(F)F)cc1.